The third-order valence-corrected chi connectivity index (χ3v) is 3.76. The predicted molar refractivity (Wildman–Crippen MR) is 88.8 cm³/mol. The van der Waals surface area contributed by atoms with Gasteiger partial charge in [0, 0.05) is 11.1 Å². The highest BCUT2D eigenvalue weighted by Gasteiger charge is 2.16. The molecule has 0 amide bonds. The molecule has 0 aliphatic rings. The first kappa shape index (κ1) is 17.2. The van der Waals surface area contributed by atoms with Crippen LogP contribution in [0.3, 0.4) is 0 Å². The normalized spacial score (nSPS) is 13.3. The van der Waals surface area contributed by atoms with E-state index in [1.807, 2.05) is 44.2 Å². The van der Waals surface area contributed by atoms with Gasteiger partial charge in [0.1, 0.15) is 24.7 Å². The molecule has 2 aromatic carbocycles. The minimum atomic E-state index is -0.752. The number of aldehydes is 1. The Kier molecular flexibility index (Phi) is 6.32. The van der Waals surface area contributed by atoms with E-state index in [-0.39, 0.29) is 12.7 Å². The van der Waals surface area contributed by atoms with Gasteiger partial charge in [0.25, 0.3) is 0 Å². The van der Waals surface area contributed by atoms with Gasteiger partial charge in [-0.15, -0.1) is 0 Å². The molecule has 0 aromatic heterocycles. The maximum absolute atomic E-state index is 10.9. The van der Waals surface area contributed by atoms with Crippen molar-refractivity contribution in [2.45, 2.75) is 32.7 Å². The molecule has 2 unspecified atom stereocenters. The molecule has 2 rings (SSSR count). The Hall–Kier alpha value is -2.17. The highest BCUT2D eigenvalue weighted by molar-refractivity contribution is 5.78. The highest BCUT2D eigenvalue weighted by atomic mass is 16.5. The molecule has 0 aliphatic carbocycles. The van der Waals surface area contributed by atoms with Crippen LogP contribution in [0.2, 0.25) is 0 Å². The fourth-order valence-corrected chi connectivity index (χ4v) is 2.14. The van der Waals surface area contributed by atoms with Gasteiger partial charge >= 0.3 is 0 Å². The smallest absolute Gasteiger partial charge is 0.150 e. The zero-order chi connectivity index (χ0) is 16.7. The molecule has 122 valence electrons. The number of rotatable bonds is 8. The first-order valence-corrected chi connectivity index (χ1v) is 7.63. The SMILES string of the molecule is Cc1c(C=O)cccc1OCC(O)C(C)OCc1ccccc1. The Morgan fingerprint density at radius 3 is 2.57 bits per heavy atom. The first-order valence-electron chi connectivity index (χ1n) is 7.63. The Morgan fingerprint density at radius 1 is 1.13 bits per heavy atom. The number of carbonyl (C=O) groups excluding carboxylic acids is 1. The summed E-state index contributed by atoms with van der Waals surface area (Å²) in [4.78, 5) is 10.9. The Labute approximate surface area is 136 Å². The Bertz CT molecular complexity index is 625. The lowest BCUT2D eigenvalue weighted by Crippen LogP contribution is -2.31. The summed E-state index contributed by atoms with van der Waals surface area (Å²) in [5.74, 6) is 0.601. The molecule has 0 saturated heterocycles. The van der Waals surface area contributed by atoms with Crippen LogP contribution in [0.4, 0.5) is 0 Å². The van der Waals surface area contributed by atoms with E-state index in [1.165, 1.54) is 0 Å². The van der Waals surface area contributed by atoms with E-state index in [0.29, 0.717) is 17.9 Å². The van der Waals surface area contributed by atoms with E-state index < -0.39 is 6.10 Å². The van der Waals surface area contributed by atoms with E-state index in [4.69, 9.17) is 9.47 Å². The number of aliphatic hydroxyl groups is 1. The van der Waals surface area contributed by atoms with Crippen molar-refractivity contribution in [2.75, 3.05) is 6.61 Å². The van der Waals surface area contributed by atoms with Crippen molar-refractivity contribution in [1.82, 2.24) is 0 Å². The average Bonchev–Trinajstić information content (AvgIpc) is 2.59. The lowest BCUT2D eigenvalue weighted by atomic mass is 10.1. The van der Waals surface area contributed by atoms with Gasteiger partial charge in [0.05, 0.1) is 12.7 Å². The van der Waals surface area contributed by atoms with Gasteiger partial charge in [-0.3, -0.25) is 4.79 Å². The molecule has 0 aliphatic heterocycles. The second-order valence-electron chi connectivity index (χ2n) is 5.47. The molecule has 0 radical (unpaired) electrons. The van der Waals surface area contributed by atoms with Gasteiger partial charge in [-0.05, 0) is 25.5 Å². The molecule has 2 atom stereocenters. The lowest BCUT2D eigenvalue weighted by Gasteiger charge is -2.20. The van der Waals surface area contributed by atoms with Crippen LogP contribution in [-0.2, 0) is 11.3 Å². The minimum absolute atomic E-state index is 0.110. The summed E-state index contributed by atoms with van der Waals surface area (Å²) in [5, 5.41) is 10.2. The fourth-order valence-electron chi connectivity index (χ4n) is 2.14. The summed E-state index contributed by atoms with van der Waals surface area (Å²) < 4.78 is 11.3. The molecule has 23 heavy (non-hydrogen) atoms. The summed E-state index contributed by atoms with van der Waals surface area (Å²) in [5.41, 5.74) is 2.42. The van der Waals surface area contributed by atoms with Crippen LogP contribution >= 0.6 is 0 Å². The van der Waals surface area contributed by atoms with Gasteiger partial charge in [0.2, 0.25) is 0 Å². The molecule has 0 heterocycles. The topological polar surface area (TPSA) is 55.8 Å². The minimum Gasteiger partial charge on any atom is -0.490 e. The Morgan fingerprint density at radius 2 is 1.87 bits per heavy atom. The maximum atomic E-state index is 10.9. The molecular weight excluding hydrogens is 292 g/mol. The van der Waals surface area contributed by atoms with Crippen molar-refractivity contribution >= 4 is 6.29 Å². The molecular formula is C19H22O4. The second-order valence-corrected chi connectivity index (χ2v) is 5.47. The van der Waals surface area contributed by atoms with E-state index in [0.717, 1.165) is 17.4 Å². The van der Waals surface area contributed by atoms with Gasteiger partial charge in [-0.2, -0.15) is 0 Å². The number of hydrogen-bond acceptors (Lipinski definition) is 4. The highest BCUT2D eigenvalue weighted by Crippen LogP contribution is 2.20. The predicted octanol–water partition coefficient (Wildman–Crippen LogP) is 3.15. The average molecular weight is 314 g/mol. The molecule has 0 bridgehead atoms. The summed E-state index contributed by atoms with van der Waals surface area (Å²) in [7, 11) is 0. The van der Waals surface area contributed by atoms with Crippen LogP contribution in [-0.4, -0.2) is 30.2 Å². The fraction of sp³-hybridized carbons (Fsp3) is 0.316. The molecule has 4 heteroatoms. The number of aliphatic hydroxyl groups excluding tert-OH is 1. The Balaban J connectivity index is 1.84. The molecule has 2 aromatic rings. The van der Waals surface area contributed by atoms with Crippen molar-refractivity contribution in [2.24, 2.45) is 0 Å². The van der Waals surface area contributed by atoms with Crippen molar-refractivity contribution < 1.29 is 19.4 Å². The van der Waals surface area contributed by atoms with Crippen molar-refractivity contribution in [3.05, 3.63) is 65.2 Å². The summed E-state index contributed by atoms with van der Waals surface area (Å²) in [6.07, 6.45) is -0.313. The van der Waals surface area contributed by atoms with Crippen molar-refractivity contribution in [3.63, 3.8) is 0 Å². The van der Waals surface area contributed by atoms with Gasteiger partial charge in [-0.25, -0.2) is 0 Å². The van der Waals surface area contributed by atoms with Crippen LogP contribution in [0.5, 0.6) is 5.75 Å². The maximum Gasteiger partial charge on any atom is 0.150 e. The standard InChI is InChI=1S/C19H22O4/c1-14-17(11-20)9-6-10-19(14)23-13-18(21)15(2)22-12-16-7-4-3-5-8-16/h3-11,15,18,21H,12-13H2,1-2H3. The van der Waals surface area contributed by atoms with E-state index >= 15 is 0 Å². The zero-order valence-corrected chi connectivity index (χ0v) is 13.4. The monoisotopic (exact) mass is 314 g/mol. The molecule has 0 fully saturated rings. The van der Waals surface area contributed by atoms with Crippen molar-refractivity contribution in [3.8, 4) is 5.75 Å². The van der Waals surface area contributed by atoms with E-state index in [1.54, 1.807) is 18.2 Å². The number of hydrogen-bond donors (Lipinski definition) is 1. The van der Waals surface area contributed by atoms with Crippen LogP contribution < -0.4 is 4.74 Å². The van der Waals surface area contributed by atoms with Gasteiger partial charge in [-0.1, -0.05) is 42.5 Å². The summed E-state index contributed by atoms with van der Waals surface area (Å²) >= 11 is 0. The quantitative estimate of drug-likeness (QED) is 0.761. The number of carbonyl (C=O) groups is 1. The largest absolute Gasteiger partial charge is 0.490 e. The van der Waals surface area contributed by atoms with Crippen LogP contribution in [0.15, 0.2) is 48.5 Å². The second kappa shape index (κ2) is 8.46. The first-order chi connectivity index (χ1) is 11.1. The van der Waals surface area contributed by atoms with Crippen LogP contribution in [0.25, 0.3) is 0 Å². The molecule has 1 N–H and O–H groups in total. The van der Waals surface area contributed by atoms with Gasteiger partial charge in [0.15, 0.2) is 0 Å². The van der Waals surface area contributed by atoms with E-state index in [2.05, 4.69) is 0 Å². The number of ether oxygens (including phenoxy) is 2. The van der Waals surface area contributed by atoms with E-state index in [9.17, 15) is 9.90 Å². The zero-order valence-electron chi connectivity index (χ0n) is 13.4. The molecule has 0 spiro atoms. The lowest BCUT2D eigenvalue weighted by molar-refractivity contribution is -0.0511. The summed E-state index contributed by atoms with van der Waals surface area (Å²) in [6, 6.07) is 15.1. The van der Waals surface area contributed by atoms with Gasteiger partial charge < -0.3 is 14.6 Å². The molecule has 0 saturated carbocycles. The third-order valence-electron chi connectivity index (χ3n) is 3.76. The van der Waals surface area contributed by atoms with Crippen LogP contribution in [0, 0.1) is 6.92 Å². The third kappa shape index (κ3) is 4.91. The van der Waals surface area contributed by atoms with Crippen LogP contribution in [0.1, 0.15) is 28.4 Å². The van der Waals surface area contributed by atoms with Crippen molar-refractivity contribution in [1.29, 1.82) is 0 Å². The summed E-state index contributed by atoms with van der Waals surface area (Å²) in [6.45, 7) is 4.18. The number of benzene rings is 2. The molecule has 4 nitrogen and oxygen atoms in total.